The van der Waals surface area contributed by atoms with Crippen molar-refractivity contribution in [1.82, 2.24) is 9.55 Å². The number of methoxy groups -OCH3 is 1. The van der Waals surface area contributed by atoms with Gasteiger partial charge in [0.25, 0.3) is 0 Å². The average Bonchev–Trinajstić information content (AvgIpc) is 2.99. The van der Waals surface area contributed by atoms with Crippen LogP contribution < -0.4 is 5.69 Å². The van der Waals surface area contributed by atoms with Gasteiger partial charge in [-0.15, -0.1) is 0 Å². The SMILES string of the molecule is COC[C@@]12COC([C@H](n3cccnc3=O)O1)[C@H]2OP(=O)(O)OC. The van der Waals surface area contributed by atoms with Crippen molar-refractivity contribution < 1.29 is 32.7 Å². The minimum Gasteiger partial charge on any atom is -0.381 e. The Morgan fingerprint density at radius 2 is 2.35 bits per heavy atom. The Balaban J connectivity index is 1.95. The monoisotopic (exact) mass is 348 g/mol. The molecule has 0 radical (unpaired) electrons. The van der Waals surface area contributed by atoms with Gasteiger partial charge >= 0.3 is 13.5 Å². The summed E-state index contributed by atoms with van der Waals surface area (Å²) in [6, 6.07) is 1.57. The largest absolute Gasteiger partial charge is 0.472 e. The van der Waals surface area contributed by atoms with Gasteiger partial charge in [0.05, 0.1) is 13.2 Å². The smallest absolute Gasteiger partial charge is 0.381 e. The van der Waals surface area contributed by atoms with E-state index in [-0.39, 0.29) is 13.2 Å². The third kappa shape index (κ3) is 2.87. The van der Waals surface area contributed by atoms with Gasteiger partial charge in [-0.05, 0) is 6.07 Å². The van der Waals surface area contributed by atoms with Gasteiger partial charge in [0.1, 0.15) is 17.8 Å². The number of phosphoric acid groups is 1. The first kappa shape index (κ1) is 16.7. The van der Waals surface area contributed by atoms with Crippen LogP contribution in [-0.2, 0) is 27.8 Å². The normalized spacial score (nSPS) is 35.3. The Bertz CT molecular complexity index is 681. The van der Waals surface area contributed by atoms with Gasteiger partial charge in [-0.2, -0.15) is 0 Å². The molecule has 5 atom stereocenters. The van der Waals surface area contributed by atoms with Crippen molar-refractivity contribution in [3.63, 3.8) is 0 Å². The maximum atomic E-state index is 11.9. The maximum Gasteiger partial charge on any atom is 0.472 e. The van der Waals surface area contributed by atoms with Crippen molar-refractivity contribution in [3.8, 4) is 0 Å². The molecule has 2 bridgehead atoms. The summed E-state index contributed by atoms with van der Waals surface area (Å²) in [4.78, 5) is 25.2. The summed E-state index contributed by atoms with van der Waals surface area (Å²) in [5.74, 6) is 0. The van der Waals surface area contributed by atoms with Crippen LogP contribution in [0, 0.1) is 0 Å². The van der Waals surface area contributed by atoms with Crippen molar-refractivity contribution in [2.75, 3.05) is 27.4 Å². The molecule has 3 heterocycles. The van der Waals surface area contributed by atoms with E-state index in [0.29, 0.717) is 0 Å². The summed E-state index contributed by atoms with van der Waals surface area (Å²) in [6.45, 7) is 0.162. The zero-order chi connectivity index (χ0) is 16.7. The van der Waals surface area contributed by atoms with E-state index in [2.05, 4.69) is 9.51 Å². The second kappa shape index (κ2) is 6.06. The van der Waals surface area contributed by atoms with Gasteiger partial charge in [-0.3, -0.25) is 13.6 Å². The van der Waals surface area contributed by atoms with Crippen LogP contribution >= 0.6 is 7.82 Å². The van der Waals surface area contributed by atoms with E-state index in [1.54, 1.807) is 6.07 Å². The van der Waals surface area contributed by atoms with Gasteiger partial charge in [-0.25, -0.2) is 14.3 Å². The molecule has 0 spiro atoms. The van der Waals surface area contributed by atoms with Gasteiger partial charge < -0.3 is 19.1 Å². The van der Waals surface area contributed by atoms with E-state index in [4.69, 9.17) is 18.7 Å². The Labute approximate surface area is 131 Å². The molecule has 128 valence electrons. The second-order valence-electron chi connectivity index (χ2n) is 5.27. The first-order chi connectivity index (χ1) is 10.9. The lowest BCUT2D eigenvalue weighted by Gasteiger charge is -2.31. The summed E-state index contributed by atoms with van der Waals surface area (Å²) >= 11 is 0. The summed E-state index contributed by atoms with van der Waals surface area (Å²) in [5.41, 5.74) is -1.64. The fourth-order valence-corrected chi connectivity index (χ4v) is 3.55. The molecule has 2 fully saturated rings. The number of hydrogen-bond donors (Lipinski definition) is 1. The molecule has 3 rings (SSSR count). The summed E-state index contributed by atoms with van der Waals surface area (Å²) in [5, 5.41) is 0. The molecule has 0 amide bonds. The first-order valence-electron chi connectivity index (χ1n) is 6.81. The topological polar surface area (TPSA) is 118 Å². The zero-order valence-electron chi connectivity index (χ0n) is 12.5. The quantitative estimate of drug-likeness (QED) is 0.690. The number of fused-ring (bicyclic) bond motifs is 2. The molecule has 2 aliphatic rings. The molecule has 0 aliphatic carbocycles. The molecule has 23 heavy (non-hydrogen) atoms. The second-order valence-corrected chi connectivity index (χ2v) is 6.78. The third-order valence-electron chi connectivity index (χ3n) is 3.85. The van der Waals surface area contributed by atoms with Crippen LogP contribution in [0.1, 0.15) is 6.23 Å². The highest BCUT2D eigenvalue weighted by atomic mass is 31.2. The van der Waals surface area contributed by atoms with Crippen LogP contribution in [0.3, 0.4) is 0 Å². The van der Waals surface area contributed by atoms with Gasteiger partial charge in [0, 0.05) is 26.6 Å². The van der Waals surface area contributed by atoms with Gasteiger partial charge in [0.15, 0.2) is 6.23 Å². The molecule has 0 saturated carbocycles. The van der Waals surface area contributed by atoms with Crippen molar-refractivity contribution in [2.24, 2.45) is 0 Å². The van der Waals surface area contributed by atoms with Crippen LogP contribution in [0.25, 0.3) is 0 Å². The number of ether oxygens (including phenoxy) is 3. The zero-order valence-corrected chi connectivity index (χ0v) is 13.4. The van der Waals surface area contributed by atoms with E-state index in [1.165, 1.54) is 24.1 Å². The first-order valence-corrected chi connectivity index (χ1v) is 8.30. The van der Waals surface area contributed by atoms with Crippen LogP contribution in [0.15, 0.2) is 23.3 Å². The lowest BCUT2D eigenvalue weighted by atomic mass is 10.0. The lowest BCUT2D eigenvalue weighted by Crippen LogP contribution is -2.46. The average molecular weight is 348 g/mol. The number of aromatic nitrogens is 2. The maximum absolute atomic E-state index is 11.9. The highest BCUT2D eigenvalue weighted by Gasteiger charge is 2.64. The van der Waals surface area contributed by atoms with Crippen LogP contribution in [-0.4, -0.2) is 59.7 Å². The van der Waals surface area contributed by atoms with Crippen LogP contribution in [0.2, 0.25) is 0 Å². The van der Waals surface area contributed by atoms with Gasteiger partial charge in [0.2, 0.25) is 0 Å². The van der Waals surface area contributed by atoms with E-state index >= 15 is 0 Å². The number of nitrogens with zero attached hydrogens (tertiary/aromatic N) is 2. The molecule has 2 aliphatic heterocycles. The Kier molecular flexibility index (Phi) is 4.41. The molecular weight excluding hydrogens is 331 g/mol. The fourth-order valence-electron chi connectivity index (χ4n) is 2.87. The molecular formula is C12H17N2O8P. The third-order valence-corrected chi connectivity index (χ3v) is 4.81. The molecule has 1 aromatic rings. The number of phosphoric ester groups is 1. The van der Waals surface area contributed by atoms with Crippen molar-refractivity contribution in [3.05, 3.63) is 28.9 Å². The molecule has 1 N–H and O–H groups in total. The van der Waals surface area contributed by atoms with E-state index < -0.39 is 37.5 Å². The summed E-state index contributed by atoms with van der Waals surface area (Å²) in [6.07, 6.45) is 0.301. The highest BCUT2D eigenvalue weighted by molar-refractivity contribution is 7.47. The fraction of sp³-hybridized carbons (Fsp3) is 0.667. The summed E-state index contributed by atoms with van der Waals surface area (Å²) < 4.78 is 39.4. The van der Waals surface area contributed by atoms with E-state index in [0.717, 1.165) is 7.11 Å². The van der Waals surface area contributed by atoms with Crippen LogP contribution in [0.5, 0.6) is 0 Å². The van der Waals surface area contributed by atoms with Crippen LogP contribution in [0.4, 0.5) is 0 Å². The Morgan fingerprint density at radius 1 is 1.57 bits per heavy atom. The minimum atomic E-state index is -4.27. The predicted octanol–water partition coefficient (Wildman–Crippen LogP) is -0.312. The molecule has 10 nitrogen and oxygen atoms in total. The Hall–Kier alpha value is -1.13. The lowest BCUT2D eigenvalue weighted by molar-refractivity contribution is -0.190. The van der Waals surface area contributed by atoms with Crippen molar-refractivity contribution >= 4 is 7.82 Å². The Morgan fingerprint density at radius 3 is 3.00 bits per heavy atom. The predicted molar refractivity (Wildman–Crippen MR) is 74.7 cm³/mol. The standard InChI is InChI=1S/C12H17N2O8P/c1-18-6-12-7-20-8(9(12)22-23(16,17)19-2)10(21-12)14-5-3-4-13-11(14)15/h3-5,8-10H,6-7H2,1-2H3,(H,16,17)/t8?,9-,10-,12+/m1/s1. The van der Waals surface area contributed by atoms with Crippen molar-refractivity contribution in [1.29, 1.82) is 0 Å². The van der Waals surface area contributed by atoms with Crippen molar-refractivity contribution in [2.45, 2.75) is 24.0 Å². The van der Waals surface area contributed by atoms with E-state index in [9.17, 15) is 14.3 Å². The number of hydrogen-bond acceptors (Lipinski definition) is 8. The minimum absolute atomic E-state index is 0.0589. The molecule has 0 aromatic carbocycles. The number of rotatable bonds is 6. The molecule has 2 unspecified atom stereocenters. The van der Waals surface area contributed by atoms with Gasteiger partial charge in [-0.1, -0.05) is 0 Å². The highest BCUT2D eigenvalue weighted by Crippen LogP contribution is 2.54. The van der Waals surface area contributed by atoms with E-state index in [1.807, 2.05) is 0 Å². The summed E-state index contributed by atoms with van der Waals surface area (Å²) in [7, 11) is -1.75. The molecule has 2 saturated heterocycles. The molecule has 1 aromatic heterocycles. The molecule has 11 heteroatoms.